The number of ether oxygens (including phenoxy) is 2. The molecule has 1 aromatic carbocycles. The Morgan fingerprint density at radius 2 is 1.42 bits per heavy atom. The molecule has 178 valence electrons. The fourth-order valence-corrected chi connectivity index (χ4v) is 5.64. The zero-order valence-corrected chi connectivity index (χ0v) is 22.0. The van der Waals surface area contributed by atoms with Gasteiger partial charge in [0, 0.05) is 45.1 Å². The van der Waals surface area contributed by atoms with Crippen LogP contribution in [0.5, 0.6) is 17.2 Å². The molecule has 2 aromatic rings. The van der Waals surface area contributed by atoms with E-state index < -0.39 is 15.9 Å². The smallest absolute Gasteiger partial charge is 0.479 e. The number of phenols is 1. The van der Waals surface area contributed by atoms with Crippen molar-refractivity contribution in [1.29, 1.82) is 0 Å². The van der Waals surface area contributed by atoms with Gasteiger partial charge in [0.05, 0.1) is 20.8 Å². The summed E-state index contributed by atoms with van der Waals surface area (Å²) < 4.78 is 40.5. The molecule has 0 aliphatic heterocycles. The lowest BCUT2D eigenvalue weighted by Gasteiger charge is -2.11. The maximum atomic E-state index is 13.5. The lowest BCUT2D eigenvalue weighted by Crippen LogP contribution is -2.13. The number of nitrogens with zero attached hydrogens (tertiary/aromatic N) is 4. The summed E-state index contributed by atoms with van der Waals surface area (Å²) in [5.74, 6) is 0.499. The number of aryl methyl sites for hydroxylation is 2. The van der Waals surface area contributed by atoms with E-state index in [-0.39, 0.29) is 23.8 Å². The summed E-state index contributed by atoms with van der Waals surface area (Å²) in [6.07, 6.45) is 0. The average Bonchev–Trinajstić information content (AvgIpc) is 2.75. The predicted octanol–water partition coefficient (Wildman–Crippen LogP) is 4.20. The summed E-state index contributed by atoms with van der Waals surface area (Å²) >= 11 is 0. The van der Waals surface area contributed by atoms with Gasteiger partial charge >= 0.3 is 15.9 Å². The summed E-state index contributed by atoms with van der Waals surface area (Å²) in [6.45, 7) is 3.81. The highest BCUT2D eigenvalue weighted by Gasteiger charge is 2.43. The number of hydrogen-bond acceptors (Lipinski definition) is 8. The van der Waals surface area contributed by atoms with Crippen molar-refractivity contribution < 1.29 is 23.7 Å². The fourth-order valence-electron chi connectivity index (χ4n) is 3.07. The Bertz CT molecular complexity index is 1040. The maximum absolute atomic E-state index is 13.5. The third-order valence-electron chi connectivity index (χ3n) is 4.57. The SMILES string of the molecule is COc1cc(/C(=C(/CNc2nc(C)cc(C)n2)[P+](=O)N(C)C)[P+](=O)N(C)C)cc(OC)c1O. The molecule has 0 spiro atoms. The normalized spacial score (nSPS) is 13.0. The quantitative estimate of drug-likeness (QED) is 0.464. The van der Waals surface area contributed by atoms with Crippen molar-refractivity contribution in [3.8, 4) is 17.2 Å². The first kappa shape index (κ1) is 26.6. The van der Waals surface area contributed by atoms with E-state index in [9.17, 15) is 14.2 Å². The Balaban J connectivity index is 2.75. The Morgan fingerprint density at radius 1 is 0.939 bits per heavy atom. The van der Waals surface area contributed by atoms with Gasteiger partial charge in [-0.1, -0.05) is 9.34 Å². The van der Waals surface area contributed by atoms with Crippen molar-refractivity contribution in [1.82, 2.24) is 19.3 Å². The highest BCUT2D eigenvalue weighted by Crippen LogP contribution is 2.53. The van der Waals surface area contributed by atoms with E-state index in [0.717, 1.165) is 11.4 Å². The number of methoxy groups -OCH3 is 2. The molecule has 0 amide bonds. The first-order valence-electron chi connectivity index (χ1n) is 10.0. The predicted molar refractivity (Wildman–Crippen MR) is 131 cm³/mol. The zero-order valence-electron chi connectivity index (χ0n) is 20.2. The molecule has 33 heavy (non-hydrogen) atoms. The van der Waals surface area contributed by atoms with E-state index in [1.807, 2.05) is 19.9 Å². The van der Waals surface area contributed by atoms with Crippen molar-refractivity contribution in [2.75, 3.05) is 54.3 Å². The minimum Gasteiger partial charge on any atom is -0.502 e. The molecule has 0 saturated carbocycles. The molecule has 0 fully saturated rings. The van der Waals surface area contributed by atoms with E-state index in [4.69, 9.17) is 9.47 Å². The molecule has 0 saturated heterocycles. The minimum atomic E-state index is -2.13. The second-order valence-corrected chi connectivity index (χ2v) is 11.3. The Labute approximate surface area is 196 Å². The molecule has 0 bridgehead atoms. The van der Waals surface area contributed by atoms with Crippen molar-refractivity contribution in [3.63, 3.8) is 0 Å². The van der Waals surface area contributed by atoms with Crippen molar-refractivity contribution >= 4 is 27.2 Å². The van der Waals surface area contributed by atoms with Crippen LogP contribution in [-0.2, 0) is 9.13 Å². The number of rotatable bonds is 10. The molecule has 10 nitrogen and oxygen atoms in total. The van der Waals surface area contributed by atoms with Crippen LogP contribution in [0.1, 0.15) is 17.0 Å². The first-order valence-corrected chi connectivity index (χ1v) is 12.5. The molecule has 2 rings (SSSR count). The Kier molecular flexibility index (Phi) is 9.25. The van der Waals surface area contributed by atoms with Gasteiger partial charge in [-0.2, -0.15) is 0 Å². The van der Waals surface area contributed by atoms with Crippen LogP contribution in [0.3, 0.4) is 0 Å². The molecule has 0 aliphatic carbocycles. The van der Waals surface area contributed by atoms with Crippen LogP contribution in [0, 0.1) is 13.8 Å². The zero-order chi connectivity index (χ0) is 24.9. The van der Waals surface area contributed by atoms with Crippen molar-refractivity contribution in [3.05, 3.63) is 40.5 Å². The molecule has 2 atom stereocenters. The highest BCUT2D eigenvalue weighted by molar-refractivity contribution is 7.57. The van der Waals surface area contributed by atoms with Crippen LogP contribution in [0.25, 0.3) is 5.31 Å². The first-order chi connectivity index (χ1) is 15.5. The largest absolute Gasteiger partial charge is 0.502 e. The fraction of sp³-hybridized carbons (Fsp3) is 0.429. The number of nitrogens with one attached hydrogen (secondary N) is 1. The van der Waals surface area contributed by atoms with E-state index >= 15 is 0 Å². The van der Waals surface area contributed by atoms with Gasteiger partial charge in [0.1, 0.15) is 0 Å². The Morgan fingerprint density at radius 3 is 1.85 bits per heavy atom. The van der Waals surface area contributed by atoms with E-state index in [1.165, 1.54) is 14.2 Å². The lowest BCUT2D eigenvalue weighted by atomic mass is 10.1. The number of aromatic hydroxyl groups is 1. The summed E-state index contributed by atoms with van der Waals surface area (Å²) in [7, 11) is 5.33. The van der Waals surface area contributed by atoms with Gasteiger partial charge in [-0.3, -0.25) is 0 Å². The topological polar surface area (TPSA) is 117 Å². The van der Waals surface area contributed by atoms with Crippen LogP contribution in [0.2, 0.25) is 0 Å². The molecule has 2 unspecified atom stereocenters. The number of anilines is 1. The molecule has 2 N–H and O–H groups in total. The van der Waals surface area contributed by atoms with Crippen LogP contribution >= 0.6 is 15.9 Å². The molecule has 0 aliphatic rings. The Hall–Kier alpha value is -2.64. The highest BCUT2D eigenvalue weighted by atomic mass is 31.1. The standard InChI is InChI=1S/C21H30N5O5P2/c1-13-9-14(2)24-21(23-13)22-12-18(32(28)25(3)4)20(33(29)26(5)6)15-10-16(30-7)19(27)17(11-15)31-8/h9-11H,12H2,1-8H3,(H-,22,23,24,27,28)/q+1/p+1. The van der Waals surface area contributed by atoms with Gasteiger partial charge in [0.15, 0.2) is 11.5 Å². The summed E-state index contributed by atoms with van der Waals surface area (Å²) in [6, 6.07) is 4.96. The van der Waals surface area contributed by atoms with Gasteiger partial charge in [0.25, 0.3) is 10.6 Å². The lowest BCUT2D eigenvalue weighted by molar-refractivity contribution is 0.339. The summed E-state index contributed by atoms with van der Waals surface area (Å²) in [4.78, 5) is 8.76. The van der Waals surface area contributed by atoms with Gasteiger partial charge in [0.2, 0.25) is 11.7 Å². The van der Waals surface area contributed by atoms with Crippen molar-refractivity contribution in [2.45, 2.75) is 13.8 Å². The molecule has 12 heteroatoms. The number of aromatic nitrogens is 2. The monoisotopic (exact) mass is 495 g/mol. The van der Waals surface area contributed by atoms with Crippen LogP contribution in [0.4, 0.5) is 5.95 Å². The third kappa shape index (κ3) is 6.45. The van der Waals surface area contributed by atoms with Crippen LogP contribution in [0.15, 0.2) is 23.5 Å². The molecule has 0 radical (unpaired) electrons. The maximum Gasteiger partial charge on any atom is 0.479 e. The summed E-state index contributed by atoms with van der Waals surface area (Å²) in [5.41, 5.74) is 2.04. The minimum absolute atomic E-state index is 0.0893. The van der Waals surface area contributed by atoms with E-state index in [2.05, 4.69) is 15.3 Å². The number of hydrogen-bond donors (Lipinski definition) is 2. The van der Waals surface area contributed by atoms with Gasteiger partial charge in [-0.25, -0.2) is 9.97 Å². The molecular formula is C21H31N5O5P2+2. The van der Waals surface area contributed by atoms with Crippen LogP contribution in [-0.4, -0.2) is 73.4 Å². The van der Waals surface area contributed by atoms with E-state index in [1.54, 1.807) is 49.7 Å². The van der Waals surface area contributed by atoms with Crippen LogP contribution < -0.4 is 14.8 Å². The van der Waals surface area contributed by atoms with Gasteiger partial charge in [-0.15, -0.1) is 0 Å². The summed E-state index contributed by atoms with van der Waals surface area (Å²) in [5, 5.41) is 14.2. The van der Waals surface area contributed by atoms with Gasteiger partial charge in [-0.05, 0) is 41.2 Å². The number of phenolic OH excluding ortho intramolecular Hbond substituents is 1. The molecular weight excluding hydrogens is 464 g/mol. The van der Waals surface area contributed by atoms with Crippen molar-refractivity contribution in [2.24, 2.45) is 0 Å². The molecule has 1 heterocycles. The second kappa shape index (κ2) is 11.5. The third-order valence-corrected chi connectivity index (χ3v) is 7.96. The average molecular weight is 495 g/mol. The van der Waals surface area contributed by atoms with E-state index in [0.29, 0.717) is 22.1 Å². The number of benzene rings is 1. The van der Waals surface area contributed by atoms with Gasteiger partial charge < -0.3 is 19.9 Å². The molecule has 1 aromatic heterocycles. The second-order valence-electron chi connectivity index (χ2n) is 7.59.